The van der Waals surface area contributed by atoms with Crippen LogP contribution in [0.25, 0.3) is 0 Å². The normalized spacial score (nSPS) is 26.2. The van der Waals surface area contributed by atoms with Crippen molar-refractivity contribution >= 4 is 17.7 Å². The van der Waals surface area contributed by atoms with Crippen LogP contribution in [0.4, 0.5) is 0 Å². The highest BCUT2D eigenvalue weighted by Crippen LogP contribution is 2.50. The highest BCUT2D eigenvalue weighted by atomic mass is 16.5. The number of benzene rings is 1. The monoisotopic (exact) mass is 707 g/mol. The molecule has 0 bridgehead atoms. The predicted octanol–water partition coefficient (Wildman–Crippen LogP) is 6.49. The highest BCUT2D eigenvalue weighted by Gasteiger charge is 2.52. The highest BCUT2D eigenvalue weighted by molar-refractivity contribution is 5.94. The van der Waals surface area contributed by atoms with Gasteiger partial charge in [-0.3, -0.25) is 14.4 Å². The Balaban J connectivity index is 1.83. The van der Waals surface area contributed by atoms with Crippen molar-refractivity contribution in [2.45, 2.75) is 136 Å². The van der Waals surface area contributed by atoms with Crippen LogP contribution in [-0.4, -0.2) is 75.6 Å². The number of hydrogen-bond acceptors (Lipinski definition) is 8. The summed E-state index contributed by atoms with van der Waals surface area (Å²) in [5.41, 5.74) is -0.577. The molecule has 1 fully saturated rings. The first-order chi connectivity index (χ1) is 23.9. The van der Waals surface area contributed by atoms with Crippen LogP contribution < -0.4 is 5.32 Å². The number of carbonyl (C=O) groups is 3. The van der Waals surface area contributed by atoms with Crippen LogP contribution in [0.2, 0.25) is 0 Å². The van der Waals surface area contributed by atoms with E-state index in [0.717, 1.165) is 5.56 Å². The van der Waals surface area contributed by atoms with E-state index in [1.165, 1.54) is 0 Å². The topological polar surface area (TPSA) is 142 Å². The Kier molecular flexibility index (Phi) is 14.8. The number of esters is 1. The van der Waals surface area contributed by atoms with Gasteiger partial charge in [0.05, 0.1) is 36.3 Å². The van der Waals surface area contributed by atoms with Gasteiger partial charge in [0.2, 0.25) is 0 Å². The molecule has 1 aliphatic heterocycles. The molecular weight excluding hydrogens is 646 g/mol. The van der Waals surface area contributed by atoms with Gasteiger partial charge in [0.15, 0.2) is 5.78 Å². The lowest BCUT2D eigenvalue weighted by Gasteiger charge is -2.49. The number of rotatable bonds is 18. The summed E-state index contributed by atoms with van der Waals surface area (Å²) < 4.78 is 11.6. The van der Waals surface area contributed by atoms with E-state index in [0.29, 0.717) is 49.0 Å². The molecule has 1 saturated heterocycles. The van der Waals surface area contributed by atoms with Crippen molar-refractivity contribution in [1.82, 2.24) is 5.32 Å². The molecule has 0 aromatic heterocycles. The molecule has 1 aliphatic carbocycles. The van der Waals surface area contributed by atoms with Gasteiger partial charge in [-0.25, -0.2) is 0 Å². The molecule has 282 valence electrons. The summed E-state index contributed by atoms with van der Waals surface area (Å²) in [7, 11) is 0. The first-order valence-electron chi connectivity index (χ1n) is 18.3. The van der Waals surface area contributed by atoms with Crippen LogP contribution in [0.15, 0.2) is 72.4 Å². The zero-order valence-electron chi connectivity index (χ0n) is 31.9. The molecule has 1 aromatic rings. The van der Waals surface area contributed by atoms with Crippen molar-refractivity contribution < 1.29 is 39.2 Å². The molecule has 9 nitrogen and oxygen atoms in total. The Morgan fingerprint density at radius 2 is 1.78 bits per heavy atom. The first kappa shape index (κ1) is 42.0. The number of amides is 1. The van der Waals surface area contributed by atoms with E-state index in [-0.39, 0.29) is 37.2 Å². The molecular formula is C42H61NO8. The Bertz CT molecular complexity index is 1470. The quantitative estimate of drug-likeness (QED) is 0.0771. The van der Waals surface area contributed by atoms with E-state index in [4.69, 9.17) is 9.47 Å². The van der Waals surface area contributed by atoms with Gasteiger partial charge in [0.25, 0.3) is 5.91 Å². The maximum absolute atomic E-state index is 14.0. The van der Waals surface area contributed by atoms with Crippen molar-refractivity contribution in [2.75, 3.05) is 6.61 Å². The molecule has 4 N–H and O–H groups in total. The molecule has 4 unspecified atom stereocenters. The Morgan fingerprint density at radius 1 is 1.12 bits per heavy atom. The van der Waals surface area contributed by atoms with Crippen molar-refractivity contribution in [1.29, 1.82) is 0 Å². The summed E-state index contributed by atoms with van der Waals surface area (Å²) in [6.07, 6.45) is 7.73. The zero-order valence-corrected chi connectivity index (χ0v) is 31.9. The second-order valence-electron chi connectivity index (χ2n) is 15.5. The summed E-state index contributed by atoms with van der Waals surface area (Å²) in [4.78, 5) is 40.7. The van der Waals surface area contributed by atoms with Crippen LogP contribution in [0.5, 0.6) is 0 Å². The largest absolute Gasteiger partial charge is 0.458 e. The number of Topliss-reactive ketones (excluding diaryl/α,β-unsaturated/α-hetero) is 1. The fourth-order valence-corrected chi connectivity index (χ4v) is 7.26. The van der Waals surface area contributed by atoms with Crippen molar-refractivity contribution in [2.24, 2.45) is 16.7 Å². The molecule has 1 aromatic carbocycles. The molecule has 1 amide bonds. The number of aryl methyl sites for hydroxylation is 1. The van der Waals surface area contributed by atoms with Gasteiger partial charge in [-0.05, 0) is 71.1 Å². The second kappa shape index (κ2) is 17.9. The van der Waals surface area contributed by atoms with E-state index >= 15 is 0 Å². The fourth-order valence-electron chi connectivity index (χ4n) is 7.26. The number of aliphatic hydroxyl groups excluding tert-OH is 2. The van der Waals surface area contributed by atoms with E-state index in [2.05, 4.69) is 11.9 Å². The summed E-state index contributed by atoms with van der Waals surface area (Å²) >= 11 is 0. The van der Waals surface area contributed by atoms with Crippen LogP contribution in [0, 0.1) is 23.7 Å². The van der Waals surface area contributed by atoms with Crippen LogP contribution in [-0.2, 0) is 19.1 Å². The maximum atomic E-state index is 14.0. The van der Waals surface area contributed by atoms with E-state index in [1.54, 1.807) is 32.1 Å². The van der Waals surface area contributed by atoms with Crippen molar-refractivity contribution in [3.63, 3.8) is 0 Å². The lowest BCUT2D eigenvalue weighted by molar-refractivity contribution is -0.159. The average molecular weight is 708 g/mol. The van der Waals surface area contributed by atoms with Crippen LogP contribution in [0.1, 0.15) is 109 Å². The molecule has 51 heavy (non-hydrogen) atoms. The predicted molar refractivity (Wildman–Crippen MR) is 200 cm³/mol. The molecule has 8 atom stereocenters. The van der Waals surface area contributed by atoms with E-state index in [9.17, 15) is 29.7 Å². The molecule has 0 radical (unpaired) electrons. The minimum atomic E-state index is -1.45. The molecule has 3 rings (SSSR count). The third-order valence-electron chi connectivity index (χ3n) is 11.5. The van der Waals surface area contributed by atoms with Gasteiger partial charge in [0, 0.05) is 35.8 Å². The first-order valence-corrected chi connectivity index (χ1v) is 18.3. The molecule has 0 saturated carbocycles. The van der Waals surface area contributed by atoms with Gasteiger partial charge in [0.1, 0.15) is 12.2 Å². The van der Waals surface area contributed by atoms with Crippen molar-refractivity contribution in [3.8, 4) is 0 Å². The third kappa shape index (κ3) is 10.4. The Morgan fingerprint density at radius 3 is 2.35 bits per heavy atom. The third-order valence-corrected chi connectivity index (χ3v) is 11.5. The summed E-state index contributed by atoms with van der Waals surface area (Å²) in [6.45, 7) is 18.8. The maximum Gasteiger partial charge on any atom is 0.308 e. The van der Waals surface area contributed by atoms with Gasteiger partial charge < -0.3 is 30.1 Å². The van der Waals surface area contributed by atoms with Crippen LogP contribution in [0.3, 0.4) is 0 Å². The lowest BCUT2D eigenvalue weighted by Crippen LogP contribution is -2.53. The average Bonchev–Trinajstić information content (AvgIpc) is 3.08. The second-order valence-corrected chi connectivity index (χ2v) is 15.5. The van der Waals surface area contributed by atoms with Gasteiger partial charge >= 0.3 is 5.97 Å². The molecule has 1 heterocycles. The van der Waals surface area contributed by atoms with E-state index in [1.807, 2.05) is 78.0 Å². The SMILES string of the molecule is C=C/C=C\C=C/CCC(CC(=O)O[C@H]1C[C@](C)(O)C(C)(C)C(CC(O)C(=O)[C@@](C)(CC2COC2C)[C@@H](O)CC)=C1C)NC(=O)c1ccc(C)cc1. The summed E-state index contributed by atoms with van der Waals surface area (Å²) in [5.74, 6) is -1.18. The van der Waals surface area contributed by atoms with Crippen LogP contribution >= 0.6 is 0 Å². The molecule has 9 heteroatoms. The molecule has 0 spiro atoms. The number of hydrogen-bond donors (Lipinski definition) is 4. The Hall–Kier alpha value is -3.37. The number of allylic oxidation sites excluding steroid dienone is 5. The smallest absolute Gasteiger partial charge is 0.308 e. The number of ether oxygens (including phenoxy) is 2. The number of ketones is 1. The van der Waals surface area contributed by atoms with Crippen molar-refractivity contribution in [3.05, 3.63) is 83.5 Å². The molecule has 2 aliphatic rings. The van der Waals surface area contributed by atoms with Gasteiger partial charge in [-0.1, -0.05) is 87.9 Å². The van der Waals surface area contributed by atoms with Gasteiger partial charge in [-0.15, -0.1) is 0 Å². The fraction of sp³-hybridized carbons (Fsp3) is 0.595. The standard InChI is InChI=1S/C42H61NO8/c1-10-12-13-14-15-16-17-32(43-39(48)30-20-18-27(3)19-21-30)22-37(46)51-35-25-42(9,49)40(6,7)33(28(35)4)23-34(44)38(47)41(8,36(45)11-2)24-31-26-50-29(31)5/h10,12-15,18-21,29,31-32,34-36,44-45,49H,1,11,16-17,22-26H2,2-9H3,(H,43,48)/b13-12-,15-14-/t29?,31?,32?,34?,35-,36-,41-,42-/m0/s1. The lowest BCUT2D eigenvalue weighted by atomic mass is 9.60. The number of carbonyl (C=O) groups excluding carboxylic acids is 3. The minimum Gasteiger partial charge on any atom is -0.458 e. The Labute approximate surface area is 304 Å². The summed E-state index contributed by atoms with van der Waals surface area (Å²) in [6, 6.07) is 6.69. The summed E-state index contributed by atoms with van der Waals surface area (Å²) in [5, 5.41) is 37.2. The number of nitrogens with one attached hydrogen (secondary N) is 1. The zero-order chi connectivity index (χ0) is 38.1. The number of aliphatic hydroxyl groups is 3. The van der Waals surface area contributed by atoms with Gasteiger partial charge in [-0.2, -0.15) is 0 Å². The van der Waals surface area contributed by atoms with E-state index < -0.39 is 52.5 Å². The minimum absolute atomic E-state index is 0.0300.